The zero-order chi connectivity index (χ0) is 24.8. The second kappa shape index (κ2) is 10.9. The molecule has 0 radical (unpaired) electrons. The predicted molar refractivity (Wildman–Crippen MR) is 136 cm³/mol. The molecule has 0 bridgehead atoms. The number of hydrazone groups is 1. The molecule has 176 valence electrons. The molecule has 9 nitrogen and oxygen atoms in total. The number of halogens is 1. The van der Waals surface area contributed by atoms with Gasteiger partial charge in [0.05, 0.1) is 16.9 Å². The fraction of sp³-hybridized carbons (Fsp3) is 0.0833. The Morgan fingerprint density at radius 2 is 1.89 bits per heavy atom. The van der Waals surface area contributed by atoms with Crippen molar-refractivity contribution in [2.75, 3.05) is 5.75 Å². The fourth-order valence-corrected chi connectivity index (χ4v) is 4.05. The highest BCUT2D eigenvalue weighted by atomic mass is 35.5. The van der Waals surface area contributed by atoms with E-state index < -0.39 is 4.92 Å². The third kappa shape index (κ3) is 5.92. The Morgan fingerprint density at radius 3 is 2.60 bits per heavy atom. The quantitative estimate of drug-likeness (QED) is 0.155. The Morgan fingerprint density at radius 1 is 1.14 bits per heavy atom. The van der Waals surface area contributed by atoms with Crippen molar-refractivity contribution in [3.8, 4) is 17.1 Å². The van der Waals surface area contributed by atoms with Gasteiger partial charge in [-0.1, -0.05) is 71.4 Å². The summed E-state index contributed by atoms with van der Waals surface area (Å²) in [7, 11) is 0. The van der Waals surface area contributed by atoms with Crippen LogP contribution >= 0.6 is 23.4 Å². The number of thioether (sulfide) groups is 1. The average Bonchev–Trinajstić information content (AvgIpc) is 3.28. The monoisotopic (exact) mass is 506 g/mol. The van der Waals surface area contributed by atoms with E-state index in [2.05, 4.69) is 20.7 Å². The molecule has 0 unspecified atom stereocenters. The first-order valence-electron chi connectivity index (χ1n) is 10.4. The molecule has 4 aromatic rings. The third-order valence-corrected chi connectivity index (χ3v) is 6.15. The van der Waals surface area contributed by atoms with Gasteiger partial charge in [0, 0.05) is 34.0 Å². The van der Waals surface area contributed by atoms with Gasteiger partial charge in [-0.05, 0) is 25.1 Å². The normalized spacial score (nSPS) is 11.0. The van der Waals surface area contributed by atoms with Crippen LogP contribution in [-0.4, -0.2) is 37.6 Å². The van der Waals surface area contributed by atoms with E-state index in [0.717, 1.165) is 16.8 Å². The SMILES string of the molecule is Cc1ccc(-c2nnc(SCC(=O)N/N=C\c3cc([N+](=O)[O-])ccc3Cl)n2-c2ccccc2)cc1. The minimum absolute atomic E-state index is 0.0267. The summed E-state index contributed by atoms with van der Waals surface area (Å²) >= 11 is 7.26. The number of hydrogen-bond donors (Lipinski definition) is 1. The molecule has 0 fully saturated rings. The van der Waals surface area contributed by atoms with Crippen LogP contribution in [0.2, 0.25) is 5.02 Å². The lowest BCUT2D eigenvalue weighted by Gasteiger charge is -2.10. The number of nitrogens with zero attached hydrogens (tertiary/aromatic N) is 5. The number of nitro groups is 1. The molecule has 0 atom stereocenters. The molecule has 0 saturated heterocycles. The van der Waals surface area contributed by atoms with Gasteiger partial charge in [-0.2, -0.15) is 5.10 Å². The van der Waals surface area contributed by atoms with Crippen molar-refractivity contribution >= 4 is 41.2 Å². The summed E-state index contributed by atoms with van der Waals surface area (Å²) in [5.74, 6) is 0.309. The van der Waals surface area contributed by atoms with E-state index in [9.17, 15) is 14.9 Å². The Bertz CT molecular complexity index is 1390. The number of amides is 1. The molecule has 0 aliphatic carbocycles. The van der Waals surface area contributed by atoms with Crippen molar-refractivity contribution in [3.05, 3.63) is 99.1 Å². The molecule has 0 spiro atoms. The molecule has 1 N–H and O–H groups in total. The maximum atomic E-state index is 12.4. The molecule has 1 amide bonds. The minimum atomic E-state index is -0.531. The topological polar surface area (TPSA) is 115 Å². The van der Waals surface area contributed by atoms with Crippen molar-refractivity contribution in [2.24, 2.45) is 5.10 Å². The molecule has 0 aliphatic rings. The molecule has 0 saturated carbocycles. The molecule has 4 rings (SSSR count). The van der Waals surface area contributed by atoms with Crippen molar-refractivity contribution in [2.45, 2.75) is 12.1 Å². The summed E-state index contributed by atoms with van der Waals surface area (Å²) in [6, 6.07) is 21.6. The Balaban J connectivity index is 1.48. The lowest BCUT2D eigenvalue weighted by molar-refractivity contribution is -0.384. The van der Waals surface area contributed by atoms with Crippen LogP contribution in [-0.2, 0) is 4.79 Å². The van der Waals surface area contributed by atoms with Gasteiger partial charge in [0.1, 0.15) is 0 Å². The Labute approximate surface area is 210 Å². The van der Waals surface area contributed by atoms with E-state index >= 15 is 0 Å². The van der Waals surface area contributed by atoms with E-state index in [1.54, 1.807) is 0 Å². The Hall–Kier alpha value is -4.02. The van der Waals surface area contributed by atoms with Crippen molar-refractivity contribution < 1.29 is 9.72 Å². The number of carbonyl (C=O) groups excluding carboxylic acids is 1. The minimum Gasteiger partial charge on any atom is -0.272 e. The highest BCUT2D eigenvalue weighted by Crippen LogP contribution is 2.28. The summed E-state index contributed by atoms with van der Waals surface area (Å²) in [6.45, 7) is 2.01. The number of hydrogen-bond acceptors (Lipinski definition) is 7. The van der Waals surface area contributed by atoms with Crippen LogP contribution in [0.25, 0.3) is 17.1 Å². The van der Waals surface area contributed by atoms with E-state index in [4.69, 9.17) is 11.6 Å². The lowest BCUT2D eigenvalue weighted by atomic mass is 10.1. The highest BCUT2D eigenvalue weighted by Gasteiger charge is 2.17. The molecule has 3 aromatic carbocycles. The number of para-hydroxylation sites is 1. The van der Waals surface area contributed by atoms with Crippen LogP contribution in [0.4, 0.5) is 5.69 Å². The number of non-ortho nitro benzene ring substituents is 1. The van der Waals surface area contributed by atoms with Crippen molar-refractivity contribution in [1.82, 2.24) is 20.2 Å². The van der Waals surface area contributed by atoms with Gasteiger partial charge in [0.2, 0.25) is 0 Å². The van der Waals surface area contributed by atoms with Gasteiger partial charge in [0.25, 0.3) is 11.6 Å². The van der Waals surface area contributed by atoms with Gasteiger partial charge in [-0.3, -0.25) is 19.5 Å². The van der Waals surface area contributed by atoms with E-state index in [0.29, 0.717) is 16.5 Å². The summed E-state index contributed by atoms with van der Waals surface area (Å²) in [4.78, 5) is 22.8. The molecular formula is C24H19ClN6O3S. The van der Waals surface area contributed by atoms with Gasteiger partial charge < -0.3 is 0 Å². The number of nitrogens with one attached hydrogen (secondary N) is 1. The molecule has 11 heteroatoms. The zero-order valence-corrected chi connectivity index (χ0v) is 20.0. The van der Waals surface area contributed by atoms with Crippen LogP contribution in [0.1, 0.15) is 11.1 Å². The van der Waals surface area contributed by atoms with Crippen LogP contribution in [0, 0.1) is 17.0 Å². The predicted octanol–water partition coefficient (Wildman–Crippen LogP) is 5.05. The van der Waals surface area contributed by atoms with Gasteiger partial charge in [0.15, 0.2) is 11.0 Å². The molecule has 0 aliphatic heterocycles. The Kier molecular flexibility index (Phi) is 7.54. The molecule has 1 heterocycles. The fourth-order valence-electron chi connectivity index (χ4n) is 3.14. The second-order valence-electron chi connectivity index (χ2n) is 7.39. The standard InChI is InChI=1S/C24H19ClN6O3S/c1-16-7-9-17(10-8-16)23-28-29-24(30(23)19-5-3-2-4-6-19)35-15-22(32)27-26-14-18-13-20(31(33)34)11-12-21(18)25/h2-14H,15H2,1H3,(H,27,32)/b26-14-. The number of aryl methyl sites for hydroxylation is 1. The van der Waals surface area contributed by atoms with E-state index in [1.807, 2.05) is 66.1 Å². The largest absolute Gasteiger partial charge is 0.272 e. The first-order valence-corrected chi connectivity index (χ1v) is 11.8. The lowest BCUT2D eigenvalue weighted by Crippen LogP contribution is -2.20. The summed E-state index contributed by atoms with van der Waals surface area (Å²) in [6.07, 6.45) is 1.26. The molecule has 35 heavy (non-hydrogen) atoms. The van der Waals surface area contributed by atoms with E-state index in [-0.39, 0.29) is 22.4 Å². The first kappa shape index (κ1) is 24.1. The third-order valence-electron chi connectivity index (χ3n) is 4.87. The zero-order valence-electron chi connectivity index (χ0n) is 18.5. The van der Waals surface area contributed by atoms with Gasteiger partial charge in [-0.15, -0.1) is 10.2 Å². The summed E-state index contributed by atoms with van der Waals surface area (Å²) < 4.78 is 1.90. The summed E-state index contributed by atoms with van der Waals surface area (Å²) in [5, 5.41) is 24.3. The number of nitro benzene ring substituents is 1. The average molecular weight is 507 g/mol. The van der Waals surface area contributed by atoms with Crippen LogP contribution in [0.3, 0.4) is 0 Å². The molecular weight excluding hydrogens is 488 g/mol. The maximum Gasteiger partial charge on any atom is 0.270 e. The summed E-state index contributed by atoms with van der Waals surface area (Å²) in [5.41, 5.74) is 5.51. The van der Waals surface area contributed by atoms with Crippen LogP contribution in [0.15, 0.2) is 83.1 Å². The molecule has 1 aromatic heterocycles. The van der Waals surface area contributed by atoms with Gasteiger partial charge in [-0.25, -0.2) is 5.43 Å². The van der Waals surface area contributed by atoms with Crippen LogP contribution < -0.4 is 5.43 Å². The van der Waals surface area contributed by atoms with Crippen molar-refractivity contribution in [1.29, 1.82) is 0 Å². The number of benzene rings is 3. The second-order valence-corrected chi connectivity index (χ2v) is 8.74. The van der Waals surface area contributed by atoms with Crippen molar-refractivity contribution in [3.63, 3.8) is 0 Å². The van der Waals surface area contributed by atoms with E-state index in [1.165, 1.54) is 36.2 Å². The highest BCUT2D eigenvalue weighted by molar-refractivity contribution is 7.99. The number of rotatable bonds is 8. The van der Waals surface area contributed by atoms with Gasteiger partial charge >= 0.3 is 0 Å². The number of carbonyl (C=O) groups is 1. The smallest absolute Gasteiger partial charge is 0.270 e. The van der Waals surface area contributed by atoms with Crippen LogP contribution in [0.5, 0.6) is 0 Å². The number of aromatic nitrogens is 3. The maximum absolute atomic E-state index is 12.4. The first-order chi connectivity index (χ1) is 16.9.